The third kappa shape index (κ3) is 3.55. The van der Waals surface area contributed by atoms with Crippen LogP contribution >= 0.6 is 12.2 Å². The van der Waals surface area contributed by atoms with Crippen LogP contribution in [0.15, 0.2) is 65.9 Å². The zero-order chi connectivity index (χ0) is 18.7. The Bertz CT molecular complexity index is 847. The lowest BCUT2D eigenvalue weighted by molar-refractivity contribution is -0.113. The lowest BCUT2D eigenvalue weighted by Crippen LogP contribution is -2.46. The van der Waals surface area contributed by atoms with Crippen molar-refractivity contribution >= 4 is 28.9 Å². The highest BCUT2D eigenvalue weighted by Gasteiger charge is 2.32. The highest BCUT2D eigenvalue weighted by atomic mass is 32.1. The predicted octanol–water partition coefficient (Wildman–Crippen LogP) is 3.47. The van der Waals surface area contributed by atoms with Crippen LogP contribution in [0.2, 0.25) is 0 Å². The number of benzene rings is 2. The summed E-state index contributed by atoms with van der Waals surface area (Å²) in [6.07, 6.45) is 0. The molecule has 1 heterocycles. The van der Waals surface area contributed by atoms with Crippen LogP contribution in [0.25, 0.3) is 0 Å². The molecule has 5 nitrogen and oxygen atoms in total. The summed E-state index contributed by atoms with van der Waals surface area (Å²) in [6, 6.07) is 16.7. The maximum Gasteiger partial charge on any atom is 0.255 e. The lowest BCUT2D eigenvalue weighted by atomic mass is 9.94. The zero-order valence-electron chi connectivity index (χ0n) is 14.9. The molecule has 0 saturated heterocycles. The molecule has 0 unspecified atom stereocenters. The molecule has 2 N–H and O–H groups in total. The fraction of sp³-hybridized carbons (Fsp3) is 0.200. The predicted molar refractivity (Wildman–Crippen MR) is 107 cm³/mol. The van der Waals surface area contributed by atoms with E-state index in [4.69, 9.17) is 17.0 Å². The number of thiocarbonyl (C=S) groups is 1. The van der Waals surface area contributed by atoms with E-state index in [1.165, 1.54) is 0 Å². The van der Waals surface area contributed by atoms with Crippen molar-refractivity contribution in [3.05, 3.63) is 71.4 Å². The van der Waals surface area contributed by atoms with Gasteiger partial charge in [0, 0.05) is 18.4 Å². The standard InChI is InChI=1S/C20H21N3O2S/c1-13-17(19(24)21-15-7-5-4-6-8-15)18(22-20(26)23(13)2)14-9-11-16(25-3)12-10-14/h4-12,18H,1-3H3,(H,21,24)(H,22,26)/t18-/m0/s1. The minimum Gasteiger partial charge on any atom is -0.497 e. The molecule has 26 heavy (non-hydrogen) atoms. The van der Waals surface area contributed by atoms with Gasteiger partial charge in [0.25, 0.3) is 5.91 Å². The Kier molecular flexibility index (Phi) is 5.23. The van der Waals surface area contributed by atoms with Gasteiger partial charge in [0.1, 0.15) is 5.75 Å². The van der Waals surface area contributed by atoms with Gasteiger partial charge in [-0.05, 0) is 49.0 Å². The minimum atomic E-state index is -0.326. The van der Waals surface area contributed by atoms with Gasteiger partial charge in [-0.3, -0.25) is 4.79 Å². The fourth-order valence-electron chi connectivity index (χ4n) is 2.90. The SMILES string of the molecule is COc1ccc([C@@H]2NC(=S)N(C)C(C)=C2C(=O)Nc2ccccc2)cc1. The molecule has 6 heteroatoms. The maximum atomic E-state index is 13.0. The van der Waals surface area contributed by atoms with Crippen LogP contribution < -0.4 is 15.4 Å². The molecule has 0 fully saturated rings. The summed E-state index contributed by atoms with van der Waals surface area (Å²) in [4.78, 5) is 14.8. The summed E-state index contributed by atoms with van der Waals surface area (Å²) in [5.41, 5.74) is 3.15. The molecule has 2 aromatic carbocycles. The van der Waals surface area contributed by atoms with Crippen molar-refractivity contribution in [3.8, 4) is 5.75 Å². The van der Waals surface area contributed by atoms with Crippen molar-refractivity contribution in [2.75, 3.05) is 19.5 Å². The van der Waals surface area contributed by atoms with E-state index in [1.807, 2.05) is 73.5 Å². The van der Waals surface area contributed by atoms with E-state index in [-0.39, 0.29) is 11.9 Å². The number of carbonyl (C=O) groups is 1. The monoisotopic (exact) mass is 367 g/mol. The number of rotatable bonds is 4. The number of allylic oxidation sites excluding steroid dienone is 1. The maximum absolute atomic E-state index is 13.0. The molecular formula is C20H21N3O2S. The quantitative estimate of drug-likeness (QED) is 0.811. The van der Waals surface area contributed by atoms with E-state index in [9.17, 15) is 4.79 Å². The number of hydrogen-bond acceptors (Lipinski definition) is 3. The van der Waals surface area contributed by atoms with Crippen LogP contribution in [0.1, 0.15) is 18.5 Å². The average Bonchev–Trinajstić information content (AvgIpc) is 2.66. The summed E-state index contributed by atoms with van der Waals surface area (Å²) in [6.45, 7) is 1.91. The van der Waals surface area contributed by atoms with Gasteiger partial charge in [0.05, 0.1) is 18.7 Å². The highest BCUT2D eigenvalue weighted by Crippen LogP contribution is 2.31. The van der Waals surface area contributed by atoms with Gasteiger partial charge in [-0.25, -0.2) is 0 Å². The molecule has 1 aliphatic rings. The van der Waals surface area contributed by atoms with Gasteiger partial charge in [0.15, 0.2) is 5.11 Å². The zero-order valence-corrected chi connectivity index (χ0v) is 15.8. The van der Waals surface area contributed by atoms with Gasteiger partial charge < -0.3 is 20.3 Å². The Balaban J connectivity index is 1.98. The van der Waals surface area contributed by atoms with Gasteiger partial charge in [-0.2, -0.15) is 0 Å². The summed E-state index contributed by atoms with van der Waals surface area (Å²) >= 11 is 5.42. The number of nitrogens with one attached hydrogen (secondary N) is 2. The Morgan fingerprint density at radius 1 is 1.15 bits per heavy atom. The van der Waals surface area contributed by atoms with Crippen molar-refractivity contribution in [1.29, 1.82) is 0 Å². The van der Waals surface area contributed by atoms with Crippen LogP contribution in [0, 0.1) is 0 Å². The molecule has 0 aliphatic carbocycles. The van der Waals surface area contributed by atoms with E-state index in [0.717, 1.165) is 22.7 Å². The van der Waals surface area contributed by atoms with Crippen molar-refractivity contribution in [3.63, 3.8) is 0 Å². The third-order valence-corrected chi connectivity index (χ3v) is 4.87. The van der Waals surface area contributed by atoms with E-state index >= 15 is 0 Å². The summed E-state index contributed by atoms with van der Waals surface area (Å²) in [7, 11) is 3.48. The van der Waals surface area contributed by atoms with Gasteiger partial charge in [0.2, 0.25) is 0 Å². The summed E-state index contributed by atoms with van der Waals surface area (Å²) in [5.74, 6) is 0.608. The average molecular weight is 367 g/mol. The number of hydrogen-bond donors (Lipinski definition) is 2. The van der Waals surface area contributed by atoms with E-state index in [1.54, 1.807) is 7.11 Å². The first-order chi connectivity index (χ1) is 12.5. The van der Waals surface area contributed by atoms with Gasteiger partial charge in [-0.15, -0.1) is 0 Å². The molecule has 134 valence electrons. The van der Waals surface area contributed by atoms with Crippen molar-refractivity contribution in [2.24, 2.45) is 0 Å². The second-order valence-corrected chi connectivity index (χ2v) is 6.42. The van der Waals surface area contributed by atoms with E-state index in [2.05, 4.69) is 10.6 Å². The number of methoxy groups -OCH3 is 1. The van der Waals surface area contributed by atoms with E-state index in [0.29, 0.717) is 10.7 Å². The van der Waals surface area contributed by atoms with Gasteiger partial charge >= 0.3 is 0 Å². The molecule has 0 spiro atoms. The molecule has 1 aliphatic heterocycles. The summed E-state index contributed by atoms with van der Waals surface area (Å²) < 4.78 is 5.22. The Morgan fingerprint density at radius 3 is 2.42 bits per heavy atom. The molecule has 3 rings (SSSR count). The fourth-order valence-corrected chi connectivity index (χ4v) is 3.15. The van der Waals surface area contributed by atoms with Crippen LogP contribution in [-0.4, -0.2) is 30.1 Å². The van der Waals surface area contributed by atoms with Crippen LogP contribution in [0.4, 0.5) is 5.69 Å². The lowest BCUT2D eigenvalue weighted by Gasteiger charge is -2.35. The highest BCUT2D eigenvalue weighted by molar-refractivity contribution is 7.80. The molecule has 0 saturated carbocycles. The molecule has 1 atom stereocenters. The van der Waals surface area contributed by atoms with Crippen LogP contribution in [0.5, 0.6) is 5.75 Å². The second kappa shape index (κ2) is 7.58. The second-order valence-electron chi connectivity index (χ2n) is 6.03. The molecule has 0 aromatic heterocycles. The molecule has 0 radical (unpaired) electrons. The van der Waals surface area contributed by atoms with Crippen molar-refractivity contribution in [2.45, 2.75) is 13.0 Å². The van der Waals surface area contributed by atoms with E-state index < -0.39 is 0 Å². The number of para-hydroxylation sites is 1. The first kappa shape index (κ1) is 17.9. The van der Waals surface area contributed by atoms with Crippen LogP contribution in [-0.2, 0) is 4.79 Å². The van der Waals surface area contributed by atoms with Crippen molar-refractivity contribution in [1.82, 2.24) is 10.2 Å². The first-order valence-electron chi connectivity index (χ1n) is 8.26. The molecule has 2 aromatic rings. The minimum absolute atomic E-state index is 0.156. The molecule has 0 bridgehead atoms. The Hall–Kier alpha value is -2.86. The third-order valence-electron chi connectivity index (χ3n) is 4.48. The van der Waals surface area contributed by atoms with Crippen molar-refractivity contribution < 1.29 is 9.53 Å². The Labute approximate surface area is 158 Å². The normalized spacial score (nSPS) is 17.0. The molecular weight excluding hydrogens is 346 g/mol. The number of anilines is 1. The molecule has 1 amide bonds. The number of amides is 1. The Morgan fingerprint density at radius 2 is 1.81 bits per heavy atom. The van der Waals surface area contributed by atoms with Gasteiger partial charge in [-0.1, -0.05) is 30.3 Å². The smallest absolute Gasteiger partial charge is 0.255 e. The van der Waals surface area contributed by atoms with Crippen LogP contribution in [0.3, 0.4) is 0 Å². The summed E-state index contributed by atoms with van der Waals surface area (Å²) in [5, 5.41) is 6.82. The number of ether oxygens (including phenoxy) is 1. The topological polar surface area (TPSA) is 53.6 Å². The largest absolute Gasteiger partial charge is 0.497 e. The number of nitrogens with zero attached hydrogens (tertiary/aromatic N) is 1. The first-order valence-corrected chi connectivity index (χ1v) is 8.67. The number of carbonyl (C=O) groups excluding carboxylic acids is 1.